The molecule has 2 saturated heterocycles. The lowest BCUT2D eigenvalue weighted by Gasteiger charge is -2.38. The normalized spacial score (nSPS) is 21.7. The smallest absolute Gasteiger partial charge is 0.289 e. The molecule has 0 spiro atoms. The van der Waals surface area contributed by atoms with Crippen molar-refractivity contribution in [2.75, 3.05) is 39.8 Å². The molecule has 3 aliphatic heterocycles. The van der Waals surface area contributed by atoms with E-state index in [1.165, 1.54) is 17.7 Å². The Balaban J connectivity index is 1.20. The van der Waals surface area contributed by atoms with Gasteiger partial charge in [0.15, 0.2) is 5.76 Å². The number of hydrogen-bond acceptors (Lipinski definition) is 7. The van der Waals surface area contributed by atoms with Crippen LogP contribution in [0.4, 0.5) is 0 Å². The Labute approximate surface area is 251 Å². The zero-order valence-electron chi connectivity index (χ0n) is 24.7. The number of aryl methyl sites for hydroxylation is 1. The number of likely N-dealkylation sites (N-methyl/N-ethyl adjacent to an activating group) is 1. The van der Waals surface area contributed by atoms with Crippen molar-refractivity contribution < 1.29 is 28.3 Å². The summed E-state index contributed by atoms with van der Waals surface area (Å²) in [7, 11) is 1.59. The Kier molecular flexibility index (Phi) is 8.49. The lowest BCUT2D eigenvalue weighted by atomic mass is 10.0. The number of ether oxygens (including phenoxy) is 2. The van der Waals surface area contributed by atoms with Gasteiger partial charge in [0.05, 0.1) is 31.8 Å². The van der Waals surface area contributed by atoms with Crippen molar-refractivity contribution in [3.8, 4) is 11.5 Å². The summed E-state index contributed by atoms with van der Waals surface area (Å²) in [5.41, 5.74) is 2.23. The molecule has 3 amide bonds. The second-order valence-corrected chi connectivity index (χ2v) is 11.7. The summed E-state index contributed by atoms with van der Waals surface area (Å²) in [6.07, 6.45) is 2.58. The van der Waals surface area contributed by atoms with Crippen LogP contribution < -0.4 is 10.1 Å². The van der Waals surface area contributed by atoms with E-state index in [9.17, 15) is 14.4 Å². The molecule has 4 bridgehead atoms. The fourth-order valence-corrected chi connectivity index (χ4v) is 5.98. The highest BCUT2D eigenvalue weighted by molar-refractivity contribution is 5.97. The quantitative estimate of drug-likeness (QED) is 0.495. The lowest BCUT2D eigenvalue weighted by molar-refractivity contribution is -0.124. The molecule has 3 aliphatic rings. The number of benzene rings is 2. The van der Waals surface area contributed by atoms with E-state index in [2.05, 4.69) is 10.2 Å². The van der Waals surface area contributed by atoms with Crippen LogP contribution in [0, 0.1) is 6.92 Å². The fraction of sp³-hybridized carbons (Fsp3) is 0.424. The standard InChI is InChI=1S/C33H38N4O6/c1-22-8-9-24-17-30(22)42-25-7-5-6-23(16-25)21-41-28-12-15-37(19-27(28)34-31(38)20-35(2)32(24)39)33(40)29-11-10-26(43-29)18-36-13-3-4-14-36/h5-11,16-17,27-28H,3-4,12-15,18-21H2,1-2H3,(H,34,38)/t27-,28+/m0/s1. The van der Waals surface area contributed by atoms with Gasteiger partial charge in [-0.2, -0.15) is 0 Å². The van der Waals surface area contributed by atoms with E-state index in [1.807, 2.05) is 43.3 Å². The minimum atomic E-state index is -0.467. The maximum atomic E-state index is 13.5. The van der Waals surface area contributed by atoms with Crippen LogP contribution in [0.5, 0.6) is 11.5 Å². The molecule has 0 aliphatic carbocycles. The Morgan fingerprint density at radius 1 is 1.02 bits per heavy atom. The number of carbonyl (C=O) groups is 3. The average molecular weight is 587 g/mol. The van der Waals surface area contributed by atoms with Gasteiger partial charge in [0, 0.05) is 25.7 Å². The maximum absolute atomic E-state index is 13.5. The molecular weight excluding hydrogens is 548 g/mol. The first kappa shape index (κ1) is 28.9. The highest BCUT2D eigenvalue weighted by Crippen LogP contribution is 2.28. The van der Waals surface area contributed by atoms with Crippen LogP contribution in [0.1, 0.15) is 57.1 Å². The molecule has 1 aromatic heterocycles. The zero-order valence-corrected chi connectivity index (χ0v) is 24.7. The van der Waals surface area contributed by atoms with E-state index in [-0.39, 0.29) is 36.9 Å². The van der Waals surface area contributed by atoms with Gasteiger partial charge in [-0.15, -0.1) is 0 Å². The Hall–Kier alpha value is -4.15. The molecule has 10 nitrogen and oxygen atoms in total. The first-order chi connectivity index (χ1) is 20.8. The third kappa shape index (κ3) is 6.76. The number of amides is 3. The van der Waals surface area contributed by atoms with Crippen molar-refractivity contribution in [3.63, 3.8) is 0 Å². The number of furan rings is 1. The summed E-state index contributed by atoms with van der Waals surface area (Å²) in [4.78, 5) is 45.3. The van der Waals surface area contributed by atoms with Crippen molar-refractivity contribution >= 4 is 17.7 Å². The van der Waals surface area contributed by atoms with E-state index >= 15 is 0 Å². The first-order valence-corrected chi connectivity index (χ1v) is 15.0. The zero-order chi connectivity index (χ0) is 29.9. The van der Waals surface area contributed by atoms with Crippen LogP contribution in [0.2, 0.25) is 0 Å². The molecule has 6 rings (SSSR count). The predicted molar refractivity (Wildman–Crippen MR) is 159 cm³/mol. The Bertz CT molecular complexity index is 1500. The maximum Gasteiger partial charge on any atom is 0.289 e. The minimum absolute atomic E-state index is 0.142. The molecule has 0 saturated carbocycles. The molecule has 0 unspecified atom stereocenters. The Morgan fingerprint density at radius 2 is 1.86 bits per heavy atom. The monoisotopic (exact) mass is 586 g/mol. The molecule has 0 radical (unpaired) electrons. The topological polar surface area (TPSA) is 105 Å². The van der Waals surface area contributed by atoms with Crippen LogP contribution in [-0.4, -0.2) is 84.3 Å². The van der Waals surface area contributed by atoms with Crippen molar-refractivity contribution in [3.05, 3.63) is 82.8 Å². The van der Waals surface area contributed by atoms with Gasteiger partial charge in [-0.25, -0.2) is 0 Å². The van der Waals surface area contributed by atoms with Crippen LogP contribution in [0.3, 0.4) is 0 Å². The van der Waals surface area contributed by atoms with Crippen molar-refractivity contribution in [1.29, 1.82) is 0 Å². The molecule has 2 aromatic carbocycles. The largest absolute Gasteiger partial charge is 0.457 e. The molecule has 1 N–H and O–H groups in total. The van der Waals surface area contributed by atoms with Crippen LogP contribution in [0.15, 0.2) is 59.0 Å². The third-order valence-corrected chi connectivity index (χ3v) is 8.39. The molecule has 2 atom stereocenters. The van der Waals surface area contributed by atoms with Gasteiger partial charge in [0.2, 0.25) is 5.91 Å². The summed E-state index contributed by atoms with van der Waals surface area (Å²) in [5, 5.41) is 3.05. The second kappa shape index (κ2) is 12.6. The summed E-state index contributed by atoms with van der Waals surface area (Å²) >= 11 is 0. The first-order valence-electron chi connectivity index (χ1n) is 15.0. The molecule has 3 aromatic rings. The highest BCUT2D eigenvalue weighted by atomic mass is 16.5. The summed E-state index contributed by atoms with van der Waals surface area (Å²) in [5.74, 6) is 1.46. The van der Waals surface area contributed by atoms with Gasteiger partial charge in [-0.1, -0.05) is 18.2 Å². The predicted octanol–water partition coefficient (Wildman–Crippen LogP) is 3.98. The Morgan fingerprint density at radius 3 is 2.70 bits per heavy atom. The van der Waals surface area contributed by atoms with Gasteiger partial charge < -0.3 is 29.0 Å². The molecule has 2 fully saturated rings. The molecular formula is C33H38N4O6. The van der Waals surface area contributed by atoms with Gasteiger partial charge in [-0.3, -0.25) is 19.3 Å². The van der Waals surface area contributed by atoms with Gasteiger partial charge in [-0.05, 0) is 86.8 Å². The SMILES string of the molecule is Cc1ccc2cc1Oc1cccc(c1)CO[C@@H]1CCN(C(=O)c3ccc(CN4CCCC4)o3)C[C@@H]1NC(=O)CN(C)C2=O. The second-order valence-electron chi connectivity index (χ2n) is 11.7. The molecule has 10 heteroatoms. The van der Waals surface area contributed by atoms with E-state index in [4.69, 9.17) is 13.9 Å². The van der Waals surface area contributed by atoms with Crippen LogP contribution in [0.25, 0.3) is 0 Å². The highest BCUT2D eigenvalue weighted by Gasteiger charge is 2.35. The van der Waals surface area contributed by atoms with E-state index in [0.29, 0.717) is 48.9 Å². The number of nitrogens with one attached hydrogen (secondary N) is 1. The number of carbonyl (C=O) groups excluding carboxylic acids is 3. The molecule has 43 heavy (non-hydrogen) atoms. The average Bonchev–Trinajstić information content (AvgIpc) is 3.69. The minimum Gasteiger partial charge on any atom is -0.457 e. The fourth-order valence-electron chi connectivity index (χ4n) is 5.98. The number of rotatable bonds is 3. The lowest BCUT2D eigenvalue weighted by Crippen LogP contribution is -2.58. The summed E-state index contributed by atoms with van der Waals surface area (Å²) in [6.45, 7) is 5.61. The molecule has 4 heterocycles. The van der Waals surface area contributed by atoms with Gasteiger partial charge in [0.1, 0.15) is 17.3 Å². The van der Waals surface area contributed by atoms with Crippen LogP contribution in [-0.2, 0) is 22.7 Å². The number of fused-ring (bicyclic) bond motifs is 5. The van der Waals surface area contributed by atoms with Gasteiger partial charge >= 0.3 is 0 Å². The number of piperidine rings is 1. The molecule has 226 valence electrons. The van der Waals surface area contributed by atoms with E-state index < -0.39 is 6.04 Å². The van der Waals surface area contributed by atoms with Crippen molar-refractivity contribution in [2.45, 2.75) is 51.5 Å². The summed E-state index contributed by atoms with van der Waals surface area (Å²) < 4.78 is 18.5. The summed E-state index contributed by atoms with van der Waals surface area (Å²) in [6, 6.07) is 16.0. The van der Waals surface area contributed by atoms with E-state index in [0.717, 1.165) is 30.0 Å². The van der Waals surface area contributed by atoms with Crippen molar-refractivity contribution in [1.82, 2.24) is 20.0 Å². The third-order valence-electron chi connectivity index (χ3n) is 8.39. The number of likely N-dealkylation sites (tertiary alicyclic amines) is 2. The van der Waals surface area contributed by atoms with Crippen molar-refractivity contribution in [2.24, 2.45) is 0 Å². The van der Waals surface area contributed by atoms with Gasteiger partial charge in [0.25, 0.3) is 11.8 Å². The number of nitrogens with zero attached hydrogens (tertiary/aromatic N) is 3. The van der Waals surface area contributed by atoms with E-state index in [1.54, 1.807) is 30.1 Å². The van der Waals surface area contributed by atoms with Crippen LogP contribution >= 0.6 is 0 Å². The number of hydrogen-bond donors (Lipinski definition) is 1.